The van der Waals surface area contributed by atoms with Gasteiger partial charge in [-0.3, -0.25) is 9.80 Å². The second kappa shape index (κ2) is 7.37. The summed E-state index contributed by atoms with van der Waals surface area (Å²) in [7, 11) is 4.09. The molecular weight excluding hydrogens is 310 g/mol. The Morgan fingerprint density at radius 2 is 1.96 bits per heavy atom. The van der Waals surface area contributed by atoms with Crippen LogP contribution in [0.5, 0.6) is 0 Å². The molecule has 4 heteroatoms. The normalized spacial score (nSPS) is 24.2. The van der Waals surface area contributed by atoms with E-state index in [1.807, 2.05) is 56.6 Å². The van der Waals surface area contributed by atoms with Gasteiger partial charge < -0.3 is 5.11 Å². The Balaban J connectivity index is 1.78. The average molecular weight is 335 g/mol. The van der Waals surface area contributed by atoms with Crippen molar-refractivity contribution in [2.45, 2.75) is 24.6 Å². The molecule has 0 amide bonds. The summed E-state index contributed by atoms with van der Waals surface area (Å²) in [5.41, 5.74) is 2.61. The summed E-state index contributed by atoms with van der Waals surface area (Å²) in [6.45, 7) is 2.27. The van der Waals surface area contributed by atoms with Gasteiger partial charge >= 0.3 is 0 Å². The predicted octanol–water partition coefficient (Wildman–Crippen LogP) is 2.58. The Kier molecular flexibility index (Phi) is 5.19. The molecule has 0 saturated carbocycles. The monoisotopic (exact) mass is 335 g/mol. The van der Waals surface area contributed by atoms with Crippen LogP contribution in [-0.2, 0) is 12.1 Å². The Hall–Kier alpha value is -2.19. The van der Waals surface area contributed by atoms with Crippen molar-refractivity contribution in [1.29, 1.82) is 5.26 Å². The lowest BCUT2D eigenvalue weighted by Crippen LogP contribution is -2.59. The lowest BCUT2D eigenvalue weighted by atomic mass is 9.77. The van der Waals surface area contributed by atoms with Crippen molar-refractivity contribution in [2.24, 2.45) is 0 Å². The molecule has 4 nitrogen and oxygen atoms in total. The van der Waals surface area contributed by atoms with Gasteiger partial charge in [-0.25, -0.2) is 0 Å². The van der Waals surface area contributed by atoms with E-state index in [9.17, 15) is 5.11 Å². The van der Waals surface area contributed by atoms with Crippen molar-refractivity contribution < 1.29 is 5.11 Å². The van der Waals surface area contributed by atoms with Gasteiger partial charge in [0.05, 0.1) is 23.3 Å². The van der Waals surface area contributed by atoms with Gasteiger partial charge in [-0.15, -0.1) is 0 Å². The van der Waals surface area contributed by atoms with Crippen LogP contribution >= 0.6 is 0 Å². The summed E-state index contributed by atoms with van der Waals surface area (Å²) in [6, 6.07) is 20.2. The molecule has 1 fully saturated rings. The predicted molar refractivity (Wildman–Crippen MR) is 98.9 cm³/mol. The van der Waals surface area contributed by atoms with Gasteiger partial charge in [0.1, 0.15) is 0 Å². The maximum atomic E-state index is 11.1. The lowest BCUT2D eigenvalue weighted by Gasteiger charge is -2.50. The Bertz CT molecular complexity index is 753. The number of hydrogen-bond acceptors (Lipinski definition) is 4. The van der Waals surface area contributed by atoms with E-state index in [0.717, 1.165) is 25.1 Å². The first kappa shape index (κ1) is 17.6. The first-order valence-electron chi connectivity index (χ1n) is 8.68. The molecule has 1 heterocycles. The van der Waals surface area contributed by atoms with Crippen molar-refractivity contribution in [2.75, 3.05) is 27.2 Å². The number of nitrogens with zero attached hydrogens (tertiary/aromatic N) is 3. The van der Waals surface area contributed by atoms with E-state index in [1.165, 1.54) is 5.56 Å². The number of aliphatic hydroxyl groups is 1. The summed E-state index contributed by atoms with van der Waals surface area (Å²) >= 11 is 0. The van der Waals surface area contributed by atoms with Gasteiger partial charge in [-0.05, 0) is 43.8 Å². The molecule has 25 heavy (non-hydrogen) atoms. The maximum Gasteiger partial charge on any atom is 0.0991 e. The lowest BCUT2D eigenvalue weighted by molar-refractivity contribution is -0.0702. The van der Waals surface area contributed by atoms with E-state index >= 15 is 0 Å². The number of rotatable bonds is 4. The third kappa shape index (κ3) is 3.45. The largest absolute Gasteiger partial charge is 0.389 e. The van der Waals surface area contributed by atoms with Crippen LogP contribution in [0.25, 0.3) is 0 Å². The molecule has 2 aromatic carbocycles. The molecule has 1 aliphatic heterocycles. The van der Waals surface area contributed by atoms with Crippen molar-refractivity contribution in [3.05, 3.63) is 71.3 Å². The summed E-state index contributed by atoms with van der Waals surface area (Å²) < 4.78 is 0. The van der Waals surface area contributed by atoms with Gasteiger partial charge in [-0.2, -0.15) is 5.26 Å². The van der Waals surface area contributed by atoms with Crippen molar-refractivity contribution in [3.8, 4) is 6.07 Å². The molecule has 0 aliphatic carbocycles. The topological polar surface area (TPSA) is 50.5 Å². The Morgan fingerprint density at radius 3 is 2.60 bits per heavy atom. The fraction of sp³-hybridized carbons (Fsp3) is 0.381. The van der Waals surface area contributed by atoms with Crippen LogP contribution in [-0.4, -0.2) is 48.2 Å². The molecule has 0 aromatic heterocycles. The molecule has 1 saturated heterocycles. The highest BCUT2D eigenvalue weighted by atomic mass is 16.3. The maximum absolute atomic E-state index is 11.1. The zero-order valence-corrected chi connectivity index (χ0v) is 14.9. The standard InChI is InChI=1S/C21H25N3O/c1-23(2)21(19-9-4-3-5-10-19)11-12-24(16-20(21)25)15-18-8-6-7-17(13-18)14-22/h3-10,13,20,25H,11-12,15-16H2,1-2H3/t20-,21+/m1/s1. The fourth-order valence-corrected chi connectivity index (χ4v) is 3.97. The van der Waals surface area contributed by atoms with E-state index in [0.29, 0.717) is 12.1 Å². The second-order valence-corrected chi connectivity index (χ2v) is 7.00. The van der Waals surface area contributed by atoms with Crippen LogP contribution < -0.4 is 0 Å². The summed E-state index contributed by atoms with van der Waals surface area (Å²) in [5, 5.41) is 20.1. The highest BCUT2D eigenvalue weighted by Crippen LogP contribution is 2.37. The number of likely N-dealkylation sites (tertiary alicyclic amines) is 1. The van der Waals surface area contributed by atoms with E-state index in [4.69, 9.17) is 5.26 Å². The average Bonchev–Trinajstić information content (AvgIpc) is 2.63. The van der Waals surface area contributed by atoms with Crippen LogP contribution in [0.3, 0.4) is 0 Å². The zero-order valence-electron chi connectivity index (χ0n) is 14.9. The first-order valence-corrected chi connectivity index (χ1v) is 8.68. The smallest absolute Gasteiger partial charge is 0.0991 e. The number of hydrogen-bond donors (Lipinski definition) is 1. The molecule has 1 N–H and O–H groups in total. The molecule has 0 bridgehead atoms. The van der Waals surface area contributed by atoms with Crippen LogP contribution in [0.15, 0.2) is 54.6 Å². The third-order valence-electron chi connectivity index (χ3n) is 5.33. The summed E-state index contributed by atoms with van der Waals surface area (Å²) in [6.07, 6.45) is 0.390. The number of piperidine rings is 1. The zero-order chi connectivity index (χ0) is 17.9. The number of aliphatic hydroxyl groups excluding tert-OH is 1. The molecule has 0 spiro atoms. The molecular formula is C21H25N3O. The van der Waals surface area contributed by atoms with Gasteiger partial charge in [0.15, 0.2) is 0 Å². The van der Waals surface area contributed by atoms with Gasteiger partial charge in [0, 0.05) is 19.6 Å². The van der Waals surface area contributed by atoms with E-state index < -0.39 is 6.10 Å². The van der Waals surface area contributed by atoms with Gasteiger partial charge in [0.25, 0.3) is 0 Å². The number of β-amino-alcohol motifs (C(OH)–C–C–N with tert-alkyl or cyclic N) is 1. The van der Waals surface area contributed by atoms with E-state index in [1.54, 1.807) is 0 Å². The number of likely N-dealkylation sites (N-methyl/N-ethyl adjacent to an activating group) is 1. The quantitative estimate of drug-likeness (QED) is 0.933. The molecule has 0 radical (unpaired) electrons. The van der Waals surface area contributed by atoms with Gasteiger partial charge in [0.2, 0.25) is 0 Å². The minimum atomic E-state index is -0.474. The highest BCUT2D eigenvalue weighted by Gasteiger charge is 2.45. The molecule has 3 rings (SSSR count). The molecule has 1 aliphatic rings. The fourth-order valence-electron chi connectivity index (χ4n) is 3.97. The molecule has 130 valence electrons. The van der Waals surface area contributed by atoms with E-state index in [2.05, 4.69) is 28.0 Å². The van der Waals surface area contributed by atoms with Crippen LogP contribution in [0.4, 0.5) is 0 Å². The molecule has 0 unspecified atom stereocenters. The SMILES string of the molecule is CN(C)[C@]1(c2ccccc2)CCN(Cc2cccc(C#N)c2)C[C@H]1O. The summed E-state index contributed by atoms with van der Waals surface area (Å²) in [5.74, 6) is 0. The summed E-state index contributed by atoms with van der Waals surface area (Å²) in [4.78, 5) is 4.42. The number of nitriles is 1. The number of benzene rings is 2. The highest BCUT2D eigenvalue weighted by molar-refractivity contribution is 5.33. The van der Waals surface area contributed by atoms with Crippen LogP contribution in [0, 0.1) is 11.3 Å². The molecule has 2 atom stereocenters. The third-order valence-corrected chi connectivity index (χ3v) is 5.33. The minimum Gasteiger partial charge on any atom is -0.389 e. The van der Waals surface area contributed by atoms with Crippen LogP contribution in [0.1, 0.15) is 23.1 Å². The van der Waals surface area contributed by atoms with Crippen molar-refractivity contribution in [1.82, 2.24) is 9.80 Å². The minimum absolute atomic E-state index is 0.355. The Labute approximate surface area is 149 Å². The van der Waals surface area contributed by atoms with Gasteiger partial charge in [-0.1, -0.05) is 42.5 Å². The van der Waals surface area contributed by atoms with Crippen molar-refractivity contribution in [3.63, 3.8) is 0 Å². The van der Waals surface area contributed by atoms with Crippen molar-refractivity contribution >= 4 is 0 Å². The Morgan fingerprint density at radius 1 is 1.20 bits per heavy atom. The van der Waals surface area contributed by atoms with Crippen LogP contribution in [0.2, 0.25) is 0 Å². The molecule has 2 aromatic rings. The second-order valence-electron chi connectivity index (χ2n) is 7.00. The van der Waals surface area contributed by atoms with E-state index in [-0.39, 0.29) is 5.54 Å². The first-order chi connectivity index (χ1) is 12.1.